The number of benzene rings is 2. The van der Waals surface area contributed by atoms with Crippen LogP contribution in [0.25, 0.3) is 16.7 Å². The Kier molecular flexibility index (Phi) is 5.26. The van der Waals surface area contributed by atoms with Crippen LogP contribution in [0.4, 0.5) is 13.2 Å². The second-order valence-electron chi connectivity index (χ2n) is 7.38. The number of aryl methyl sites for hydroxylation is 1. The van der Waals surface area contributed by atoms with E-state index in [-0.39, 0.29) is 21.5 Å². The summed E-state index contributed by atoms with van der Waals surface area (Å²) in [5.41, 5.74) is -0.907. The summed E-state index contributed by atoms with van der Waals surface area (Å²) >= 11 is -0.608. The number of carboxylic acids is 1. The summed E-state index contributed by atoms with van der Waals surface area (Å²) in [5, 5.41) is 19.9. The van der Waals surface area contributed by atoms with Crippen LogP contribution in [0.5, 0.6) is 0 Å². The summed E-state index contributed by atoms with van der Waals surface area (Å²) in [6, 6.07) is 9.23. The van der Waals surface area contributed by atoms with E-state index >= 15 is 0 Å². The molecule has 1 heterocycles. The average molecular weight is 528 g/mol. The van der Waals surface area contributed by atoms with Crippen LogP contribution < -0.4 is 21.5 Å². The van der Waals surface area contributed by atoms with Crippen LogP contribution in [0.15, 0.2) is 45.7 Å². The molecule has 0 amide bonds. The maximum atomic E-state index is 14.1. The number of rotatable bonds is 4. The normalized spacial score (nSPS) is 22.7. The summed E-state index contributed by atoms with van der Waals surface area (Å²) in [7, 11) is 0. The topological polar surface area (TPSA) is 69.9 Å². The van der Waals surface area contributed by atoms with Crippen LogP contribution >= 0.6 is 0 Å². The van der Waals surface area contributed by atoms with Gasteiger partial charge in [-0.05, 0) is 0 Å². The fourth-order valence-corrected chi connectivity index (χ4v) is 6.04. The number of hydrogen-bond acceptors (Lipinski definition) is 3. The Balaban J connectivity index is 1.92. The van der Waals surface area contributed by atoms with Gasteiger partial charge in [-0.2, -0.15) is 0 Å². The molecule has 8 heteroatoms. The third-order valence-corrected chi connectivity index (χ3v) is 7.64. The van der Waals surface area contributed by atoms with Gasteiger partial charge in [-0.3, -0.25) is 0 Å². The van der Waals surface area contributed by atoms with Crippen molar-refractivity contribution in [3.63, 3.8) is 0 Å². The van der Waals surface area contributed by atoms with E-state index in [1.165, 1.54) is 18.2 Å². The zero-order chi connectivity index (χ0) is 21.7. The van der Waals surface area contributed by atoms with Crippen molar-refractivity contribution < 1.29 is 49.7 Å². The van der Waals surface area contributed by atoms with Gasteiger partial charge in [0.15, 0.2) is 0 Å². The van der Waals surface area contributed by atoms with Gasteiger partial charge >= 0.3 is 182 Å². The third kappa shape index (κ3) is 3.35. The number of carbonyl (C=O) groups is 1. The molecule has 2 atom stereocenters. The molecule has 2 unspecified atom stereocenters. The molecule has 2 aromatic carbocycles. The number of hydrogen-bond donors (Lipinski definition) is 2. The molecule has 4 rings (SSSR count). The van der Waals surface area contributed by atoms with Crippen LogP contribution in [-0.2, 0) is 10.4 Å². The number of halogens is 4. The van der Waals surface area contributed by atoms with Gasteiger partial charge in [0.1, 0.15) is 0 Å². The fourth-order valence-electron chi connectivity index (χ4n) is 4.03. The zero-order valence-corrected chi connectivity index (χ0v) is 18.0. The van der Waals surface area contributed by atoms with Crippen LogP contribution in [-0.4, -0.2) is 32.5 Å². The third-order valence-electron chi connectivity index (χ3n) is 5.34. The Hall–Kier alpha value is -2.20. The van der Waals surface area contributed by atoms with Crippen molar-refractivity contribution >= 4 is 17.8 Å². The minimum absolute atomic E-state index is 0.00536. The van der Waals surface area contributed by atoms with E-state index in [1.807, 2.05) is 6.08 Å². The van der Waals surface area contributed by atoms with Crippen molar-refractivity contribution in [1.82, 2.24) is 0 Å². The van der Waals surface area contributed by atoms with Gasteiger partial charge in [-0.1, -0.05) is 0 Å². The number of carboxylic acid groups (broad SMARTS) is 1. The standard InChI is InChI=1S/C22H18F3INO3/c1-12-8-16(13-10-14(26-27-11-13)6-7-19(28)29)20-15-4-2-3-5-17(15)21(30,18(20)9-12)22(23,24)25/h2-5,8-11,14,30H,6-7H2,1H3,(H,28,29)/q-1. The molecule has 2 aliphatic rings. The van der Waals surface area contributed by atoms with Gasteiger partial charge in [0.2, 0.25) is 0 Å². The van der Waals surface area contributed by atoms with Gasteiger partial charge in [0, 0.05) is 0 Å². The molecule has 2 N–H and O–H groups in total. The van der Waals surface area contributed by atoms with E-state index in [2.05, 4.69) is 3.21 Å². The first-order valence-corrected chi connectivity index (χ1v) is 11.5. The van der Waals surface area contributed by atoms with E-state index in [9.17, 15) is 23.1 Å². The number of aliphatic hydroxyl groups is 1. The Morgan fingerprint density at radius 2 is 1.93 bits per heavy atom. The molecule has 4 nitrogen and oxygen atoms in total. The summed E-state index contributed by atoms with van der Waals surface area (Å²) in [5.74, 6) is -0.885. The molecule has 0 aromatic heterocycles. The van der Waals surface area contributed by atoms with Crippen molar-refractivity contribution in [3.8, 4) is 11.1 Å². The SMILES string of the molecule is Cc1cc(C2=CC(CCC(=O)O)[I-]N=C2)c2c(c1)C(O)(C(F)(F)F)c1ccccc1-2. The van der Waals surface area contributed by atoms with Gasteiger partial charge in [-0.15, -0.1) is 0 Å². The molecular weight excluding hydrogens is 510 g/mol. The fraction of sp³-hybridized carbons (Fsp3) is 0.273. The molecule has 0 saturated heterocycles. The Labute approximate surface area is 181 Å². The van der Waals surface area contributed by atoms with E-state index < -0.39 is 39.2 Å². The van der Waals surface area contributed by atoms with E-state index in [0.717, 1.165) is 0 Å². The van der Waals surface area contributed by atoms with Crippen LogP contribution in [0.2, 0.25) is 0 Å². The second-order valence-corrected chi connectivity index (χ2v) is 10.1. The molecule has 0 spiro atoms. The summed E-state index contributed by atoms with van der Waals surface area (Å²) < 4.78 is 46.7. The predicted octanol–water partition coefficient (Wildman–Crippen LogP) is 1.48. The van der Waals surface area contributed by atoms with E-state index in [0.29, 0.717) is 34.2 Å². The van der Waals surface area contributed by atoms with E-state index in [4.69, 9.17) is 5.11 Å². The Morgan fingerprint density at radius 3 is 2.63 bits per heavy atom. The van der Waals surface area contributed by atoms with Crippen molar-refractivity contribution in [2.24, 2.45) is 3.21 Å². The van der Waals surface area contributed by atoms with Crippen molar-refractivity contribution in [2.45, 2.75) is 35.5 Å². The zero-order valence-electron chi connectivity index (χ0n) is 15.9. The molecular formula is C22H18F3INO3-. The molecule has 30 heavy (non-hydrogen) atoms. The van der Waals surface area contributed by atoms with Crippen LogP contribution in [0, 0.1) is 6.92 Å². The molecule has 1 aliphatic heterocycles. The summed E-state index contributed by atoms with van der Waals surface area (Å²) in [6.45, 7) is 1.69. The van der Waals surface area contributed by atoms with Crippen molar-refractivity contribution in [2.75, 3.05) is 0 Å². The summed E-state index contributed by atoms with van der Waals surface area (Å²) in [4.78, 5) is 10.9. The average Bonchev–Trinajstić information content (AvgIpc) is 2.96. The molecule has 0 saturated carbocycles. The monoisotopic (exact) mass is 528 g/mol. The molecule has 2 aromatic rings. The number of alkyl halides is 4. The van der Waals surface area contributed by atoms with Gasteiger partial charge in [-0.25, -0.2) is 0 Å². The number of fused-ring (bicyclic) bond motifs is 3. The molecule has 1 aliphatic carbocycles. The van der Waals surface area contributed by atoms with E-state index in [1.54, 1.807) is 31.3 Å². The molecule has 0 fully saturated rings. The first-order chi connectivity index (χ1) is 14.1. The molecule has 158 valence electrons. The maximum absolute atomic E-state index is 14.1. The molecule has 0 bridgehead atoms. The second kappa shape index (κ2) is 7.49. The number of allylic oxidation sites excluding steroid dienone is 2. The van der Waals surface area contributed by atoms with Gasteiger partial charge < -0.3 is 0 Å². The van der Waals surface area contributed by atoms with Crippen molar-refractivity contribution in [3.05, 3.63) is 64.7 Å². The van der Waals surface area contributed by atoms with Gasteiger partial charge in [0.25, 0.3) is 0 Å². The Morgan fingerprint density at radius 1 is 1.20 bits per heavy atom. The first-order valence-electron chi connectivity index (χ1n) is 9.27. The quantitative estimate of drug-likeness (QED) is 0.467. The summed E-state index contributed by atoms with van der Waals surface area (Å²) in [6.07, 6.45) is -0.838. The first kappa shape index (κ1) is 21.0. The van der Waals surface area contributed by atoms with Crippen LogP contribution in [0.3, 0.4) is 0 Å². The van der Waals surface area contributed by atoms with Crippen molar-refractivity contribution in [1.29, 1.82) is 0 Å². The van der Waals surface area contributed by atoms with Crippen LogP contribution in [0.1, 0.15) is 35.1 Å². The minimum atomic E-state index is -4.88. The molecule has 0 radical (unpaired) electrons. The Bertz CT molecular complexity index is 1090. The number of nitrogens with zero attached hydrogens (tertiary/aromatic N) is 1. The van der Waals surface area contributed by atoms with Gasteiger partial charge in [0.05, 0.1) is 0 Å². The number of aliphatic carboxylic acids is 1. The predicted molar refractivity (Wildman–Crippen MR) is 103 cm³/mol.